The molecule has 34 heavy (non-hydrogen) atoms. The van der Waals surface area contributed by atoms with Crippen LogP contribution in [0, 0.1) is 0 Å². The Morgan fingerprint density at radius 3 is 2.32 bits per heavy atom. The third kappa shape index (κ3) is 5.95. The molecule has 0 radical (unpaired) electrons. The summed E-state index contributed by atoms with van der Waals surface area (Å²) in [5.74, 6) is 0.331. The van der Waals surface area contributed by atoms with Gasteiger partial charge in [0.1, 0.15) is 5.75 Å². The van der Waals surface area contributed by atoms with E-state index in [1.54, 1.807) is 37.4 Å². The number of hydrogen-bond acceptors (Lipinski definition) is 4. The Balaban J connectivity index is 1.50. The molecule has 2 amide bonds. The van der Waals surface area contributed by atoms with Gasteiger partial charge in [-0.05, 0) is 73.7 Å². The fourth-order valence-electron chi connectivity index (χ4n) is 4.21. The largest absolute Gasteiger partial charge is 0.497 e. The summed E-state index contributed by atoms with van der Waals surface area (Å²) in [5.41, 5.74) is 3.80. The van der Waals surface area contributed by atoms with Crippen LogP contribution in [-0.4, -0.2) is 38.6 Å². The van der Waals surface area contributed by atoms with Crippen LogP contribution in [0.5, 0.6) is 5.75 Å². The average Bonchev–Trinajstić information content (AvgIpc) is 2.89. The number of hydrogen-bond donors (Lipinski definition) is 2. The summed E-state index contributed by atoms with van der Waals surface area (Å²) in [4.78, 5) is 28.2. The summed E-state index contributed by atoms with van der Waals surface area (Å²) in [7, 11) is 1.59. The summed E-state index contributed by atoms with van der Waals surface area (Å²) < 4.78 is 5.16. The molecular weight excluding hydrogens is 426 g/mol. The van der Waals surface area contributed by atoms with Crippen LogP contribution in [0.25, 0.3) is 0 Å². The molecule has 0 unspecified atom stereocenters. The number of methoxy groups -OCH3 is 1. The van der Waals surface area contributed by atoms with Crippen molar-refractivity contribution < 1.29 is 14.3 Å². The van der Waals surface area contributed by atoms with Gasteiger partial charge in [0.05, 0.1) is 12.7 Å². The Kier molecular flexibility index (Phi) is 7.81. The van der Waals surface area contributed by atoms with Gasteiger partial charge in [0.2, 0.25) is 0 Å². The van der Waals surface area contributed by atoms with Gasteiger partial charge in [0.25, 0.3) is 11.8 Å². The van der Waals surface area contributed by atoms with E-state index in [9.17, 15) is 9.59 Å². The smallest absolute Gasteiger partial charge is 0.255 e. The molecule has 176 valence electrons. The molecule has 1 fully saturated rings. The zero-order valence-electron chi connectivity index (χ0n) is 19.5. The van der Waals surface area contributed by atoms with Gasteiger partial charge in [0.15, 0.2) is 0 Å². The van der Waals surface area contributed by atoms with Crippen molar-refractivity contribution in [3.63, 3.8) is 0 Å². The SMILES string of the molecule is COc1ccc(C(=O)Nc2ccc(N3CCCCC3)c(C(=O)NCCc3ccccc3)c2)cc1. The maximum absolute atomic E-state index is 13.2. The van der Waals surface area contributed by atoms with Crippen LogP contribution in [0.4, 0.5) is 11.4 Å². The summed E-state index contributed by atoms with van der Waals surface area (Å²) in [5, 5.41) is 5.98. The first kappa shape index (κ1) is 23.4. The molecule has 0 aliphatic carbocycles. The number of ether oxygens (including phenoxy) is 1. The summed E-state index contributed by atoms with van der Waals surface area (Å²) in [6, 6.07) is 22.6. The summed E-state index contributed by atoms with van der Waals surface area (Å²) in [6.07, 6.45) is 4.21. The lowest BCUT2D eigenvalue weighted by Gasteiger charge is -2.30. The van der Waals surface area contributed by atoms with E-state index in [1.807, 2.05) is 30.3 Å². The minimum Gasteiger partial charge on any atom is -0.497 e. The number of benzene rings is 3. The van der Waals surface area contributed by atoms with E-state index in [2.05, 4.69) is 27.7 Å². The molecule has 1 aliphatic rings. The van der Waals surface area contributed by atoms with Gasteiger partial charge in [-0.15, -0.1) is 0 Å². The number of anilines is 2. The average molecular weight is 458 g/mol. The molecule has 0 atom stereocenters. The molecule has 0 spiro atoms. The minimum atomic E-state index is -0.233. The zero-order chi connectivity index (χ0) is 23.8. The van der Waals surface area contributed by atoms with E-state index in [0.717, 1.165) is 38.0 Å². The van der Waals surface area contributed by atoms with Crippen LogP contribution in [0.2, 0.25) is 0 Å². The van der Waals surface area contributed by atoms with E-state index >= 15 is 0 Å². The molecule has 0 bridgehead atoms. The first-order chi connectivity index (χ1) is 16.6. The van der Waals surface area contributed by atoms with Gasteiger partial charge >= 0.3 is 0 Å². The quantitative estimate of drug-likeness (QED) is 0.504. The molecule has 1 heterocycles. The number of nitrogens with one attached hydrogen (secondary N) is 2. The Bertz CT molecular complexity index is 1110. The summed E-state index contributed by atoms with van der Waals surface area (Å²) in [6.45, 7) is 2.41. The molecule has 4 rings (SSSR count). The first-order valence-electron chi connectivity index (χ1n) is 11.8. The molecule has 3 aromatic carbocycles. The highest BCUT2D eigenvalue weighted by Gasteiger charge is 2.20. The molecule has 6 nitrogen and oxygen atoms in total. The van der Waals surface area contributed by atoms with Crippen LogP contribution in [0.3, 0.4) is 0 Å². The van der Waals surface area contributed by atoms with Crippen LogP contribution in [-0.2, 0) is 6.42 Å². The Morgan fingerprint density at radius 1 is 0.882 bits per heavy atom. The van der Waals surface area contributed by atoms with Crippen molar-refractivity contribution in [1.82, 2.24) is 5.32 Å². The van der Waals surface area contributed by atoms with Gasteiger partial charge in [-0.1, -0.05) is 30.3 Å². The predicted molar refractivity (Wildman–Crippen MR) is 136 cm³/mol. The molecule has 1 aliphatic heterocycles. The topological polar surface area (TPSA) is 70.7 Å². The van der Waals surface area contributed by atoms with Gasteiger partial charge in [-0.25, -0.2) is 0 Å². The monoisotopic (exact) mass is 457 g/mol. The standard InChI is InChI=1S/C28H31N3O3/c1-34-24-13-10-22(11-14-24)27(32)30-23-12-15-26(31-18-6-3-7-19-31)25(20-23)28(33)29-17-16-21-8-4-2-5-9-21/h2,4-5,8-15,20H,3,6-7,16-19H2,1H3,(H,29,33)(H,30,32). The van der Waals surface area contributed by atoms with Gasteiger partial charge < -0.3 is 20.3 Å². The number of nitrogens with zero attached hydrogens (tertiary/aromatic N) is 1. The lowest BCUT2D eigenvalue weighted by molar-refractivity contribution is 0.0953. The number of amides is 2. The molecule has 2 N–H and O–H groups in total. The lowest BCUT2D eigenvalue weighted by Crippen LogP contribution is -2.33. The summed E-state index contributed by atoms with van der Waals surface area (Å²) >= 11 is 0. The molecule has 1 saturated heterocycles. The van der Waals surface area contributed by atoms with Crippen molar-refractivity contribution in [3.05, 3.63) is 89.5 Å². The molecule has 0 aromatic heterocycles. The Hall–Kier alpha value is -3.80. The number of carbonyl (C=O) groups excluding carboxylic acids is 2. The van der Waals surface area contributed by atoms with Crippen molar-refractivity contribution in [2.45, 2.75) is 25.7 Å². The Morgan fingerprint density at radius 2 is 1.62 bits per heavy atom. The lowest BCUT2D eigenvalue weighted by atomic mass is 10.1. The molecular formula is C28H31N3O3. The van der Waals surface area contributed by atoms with Gasteiger partial charge in [-0.3, -0.25) is 9.59 Å². The predicted octanol–water partition coefficient (Wildman–Crippen LogP) is 4.91. The maximum atomic E-state index is 13.2. The highest BCUT2D eigenvalue weighted by Crippen LogP contribution is 2.27. The minimum absolute atomic E-state index is 0.128. The van der Waals surface area contributed by atoms with Crippen LogP contribution >= 0.6 is 0 Å². The third-order valence-corrected chi connectivity index (χ3v) is 6.09. The normalized spacial score (nSPS) is 13.3. The van der Waals surface area contributed by atoms with Crippen molar-refractivity contribution in [2.24, 2.45) is 0 Å². The second-order valence-corrected chi connectivity index (χ2v) is 8.45. The zero-order valence-corrected chi connectivity index (χ0v) is 19.5. The number of rotatable bonds is 8. The van der Waals surface area contributed by atoms with E-state index in [-0.39, 0.29) is 11.8 Å². The van der Waals surface area contributed by atoms with E-state index in [1.165, 1.54) is 12.0 Å². The van der Waals surface area contributed by atoms with Gasteiger partial charge in [-0.2, -0.15) is 0 Å². The fourth-order valence-corrected chi connectivity index (χ4v) is 4.21. The van der Waals surface area contributed by atoms with Crippen molar-refractivity contribution in [3.8, 4) is 5.75 Å². The molecule has 6 heteroatoms. The highest BCUT2D eigenvalue weighted by atomic mass is 16.5. The van der Waals surface area contributed by atoms with E-state index in [0.29, 0.717) is 29.1 Å². The van der Waals surface area contributed by atoms with Crippen LogP contribution in [0.1, 0.15) is 45.5 Å². The number of carbonyl (C=O) groups is 2. The van der Waals surface area contributed by atoms with E-state index < -0.39 is 0 Å². The van der Waals surface area contributed by atoms with Crippen molar-refractivity contribution in [1.29, 1.82) is 0 Å². The van der Waals surface area contributed by atoms with Crippen molar-refractivity contribution >= 4 is 23.2 Å². The van der Waals surface area contributed by atoms with Crippen LogP contribution < -0.4 is 20.3 Å². The van der Waals surface area contributed by atoms with Gasteiger partial charge in [0, 0.05) is 36.6 Å². The van der Waals surface area contributed by atoms with E-state index in [4.69, 9.17) is 4.74 Å². The first-order valence-corrected chi connectivity index (χ1v) is 11.8. The highest BCUT2D eigenvalue weighted by molar-refractivity contribution is 6.06. The second kappa shape index (κ2) is 11.4. The fraction of sp³-hybridized carbons (Fsp3) is 0.286. The maximum Gasteiger partial charge on any atom is 0.255 e. The number of piperidine rings is 1. The van der Waals surface area contributed by atoms with Crippen molar-refractivity contribution in [2.75, 3.05) is 37.0 Å². The second-order valence-electron chi connectivity index (χ2n) is 8.45. The molecule has 0 saturated carbocycles. The third-order valence-electron chi connectivity index (χ3n) is 6.09. The molecule has 3 aromatic rings. The van der Waals surface area contributed by atoms with Crippen LogP contribution in [0.15, 0.2) is 72.8 Å². The Labute approximate surface area is 200 Å².